The number of nitro groups is 1. The molecule has 13 heteroatoms. The second-order valence-corrected chi connectivity index (χ2v) is 6.20. The van der Waals surface area contributed by atoms with Crippen molar-refractivity contribution in [2.75, 3.05) is 0 Å². The molecule has 0 bridgehead atoms. The number of phenols is 2. The Balaban J connectivity index is 2.26. The largest absolute Gasteiger partial charge is 0.618 e. The monoisotopic (exact) mass is 423 g/mol. The van der Waals surface area contributed by atoms with Gasteiger partial charge in [-0.1, -0.05) is 0 Å². The first kappa shape index (κ1) is 20.7. The van der Waals surface area contributed by atoms with E-state index in [-0.39, 0.29) is 22.8 Å². The van der Waals surface area contributed by atoms with E-state index in [9.17, 15) is 38.7 Å². The van der Waals surface area contributed by atoms with Gasteiger partial charge in [0.15, 0.2) is 23.1 Å². The number of phenolic OH excluding ortho intramolecular Hbond substituents is 2. The summed E-state index contributed by atoms with van der Waals surface area (Å²) in [6.07, 6.45) is -3.95. The first-order valence-electron chi connectivity index (χ1n) is 8.13. The molecule has 0 fully saturated rings. The number of aryl methyl sites for hydroxylation is 1. The molecule has 3 rings (SSSR count). The number of aromatic hydroxyl groups is 2. The van der Waals surface area contributed by atoms with E-state index in [1.165, 1.54) is 13.8 Å². The Kier molecular flexibility index (Phi) is 4.89. The van der Waals surface area contributed by atoms with Crippen molar-refractivity contribution in [2.45, 2.75) is 20.0 Å². The molecule has 0 aliphatic carbocycles. The maximum Gasteiger partial charge on any atom is 0.417 e. The second-order valence-electron chi connectivity index (χ2n) is 6.20. The highest BCUT2D eigenvalue weighted by atomic mass is 19.4. The molecule has 0 atom stereocenters. The molecule has 0 spiro atoms. The molecule has 0 radical (unpaired) electrons. The third-order valence-corrected chi connectivity index (χ3v) is 4.23. The average Bonchev–Trinajstić information content (AvgIpc) is 2.67. The fraction of sp³-hybridized carbons (Fsp3) is 0.176. The number of benzene rings is 1. The Hall–Kier alpha value is -4.03. The maximum atomic E-state index is 13.6. The number of nitrogens with zero attached hydrogens (tertiary/aromatic N) is 5. The Morgan fingerprint density at radius 3 is 2.33 bits per heavy atom. The Labute approximate surface area is 165 Å². The van der Waals surface area contributed by atoms with Crippen molar-refractivity contribution in [1.29, 1.82) is 0 Å². The SMILES string of the molecule is Cc1cc(C(F)(F)F)c(-c2ncnc(-c3cc(O)c(O)c([N+](=O)[O-])c3)n2)c(C)[n+]1[O-]. The van der Waals surface area contributed by atoms with Crippen LogP contribution in [0, 0.1) is 29.2 Å². The fourth-order valence-electron chi connectivity index (χ4n) is 2.83. The third-order valence-electron chi connectivity index (χ3n) is 4.23. The predicted molar refractivity (Wildman–Crippen MR) is 94.1 cm³/mol. The number of halogens is 3. The molecular weight excluding hydrogens is 411 g/mol. The molecule has 0 saturated carbocycles. The molecule has 0 unspecified atom stereocenters. The summed E-state index contributed by atoms with van der Waals surface area (Å²) in [6, 6.07) is 2.41. The van der Waals surface area contributed by atoms with E-state index < -0.39 is 45.2 Å². The molecule has 0 aliphatic rings. The topological polar surface area (TPSA) is 149 Å². The van der Waals surface area contributed by atoms with Crippen LogP contribution < -0.4 is 4.73 Å². The number of alkyl halides is 3. The molecule has 3 aromatic rings. The van der Waals surface area contributed by atoms with Crippen LogP contribution >= 0.6 is 0 Å². The van der Waals surface area contributed by atoms with Gasteiger partial charge in [-0.2, -0.15) is 17.9 Å². The number of pyridine rings is 1. The molecule has 0 saturated heterocycles. The van der Waals surface area contributed by atoms with Gasteiger partial charge >= 0.3 is 11.9 Å². The van der Waals surface area contributed by atoms with Gasteiger partial charge in [0.2, 0.25) is 11.4 Å². The number of nitro benzene ring substituents is 1. The highest BCUT2D eigenvalue weighted by Gasteiger charge is 2.38. The number of hydrogen-bond acceptors (Lipinski definition) is 8. The van der Waals surface area contributed by atoms with E-state index in [4.69, 9.17) is 0 Å². The predicted octanol–water partition coefficient (Wildman–Crippen LogP) is 2.79. The second kappa shape index (κ2) is 7.09. The van der Waals surface area contributed by atoms with Gasteiger partial charge in [0.25, 0.3) is 0 Å². The molecule has 30 heavy (non-hydrogen) atoms. The zero-order chi connectivity index (χ0) is 22.4. The lowest BCUT2D eigenvalue weighted by Crippen LogP contribution is -2.36. The van der Waals surface area contributed by atoms with Crippen LogP contribution in [-0.2, 0) is 6.18 Å². The molecule has 2 aromatic heterocycles. The van der Waals surface area contributed by atoms with Crippen molar-refractivity contribution in [3.63, 3.8) is 0 Å². The minimum Gasteiger partial charge on any atom is -0.618 e. The van der Waals surface area contributed by atoms with Crippen LogP contribution in [0.25, 0.3) is 22.8 Å². The van der Waals surface area contributed by atoms with Crippen LogP contribution in [-0.4, -0.2) is 30.1 Å². The molecule has 2 heterocycles. The molecule has 2 N–H and O–H groups in total. The van der Waals surface area contributed by atoms with Gasteiger partial charge in [-0.3, -0.25) is 10.1 Å². The minimum atomic E-state index is -4.82. The first-order chi connectivity index (χ1) is 13.9. The molecule has 0 aliphatic heterocycles. The molecule has 0 amide bonds. The Morgan fingerprint density at radius 1 is 1.10 bits per heavy atom. The van der Waals surface area contributed by atoms with Crippen molar-refractivity contribution < 1.29 is 33.0 Å². The third kappa shape index (κ3) is 3.52. The van der Waals surface area contributed by atoms with E-state index in [0.717, 1.165) is 18.5 Å². The van der Waals surface area contributed by atoms with Gasteiger partial charge in [0.1, 0.15) is 6.33 Å². The highest BCUT2D eigenvalue weighted by Crippen LogP contribution is 2.40. The standard InChI is InChI=1S/C17H12F3N5O5/c1-7-3-10(17(18,19)20)13(8(2)24(7)28)16-22-6-21-15(23-16)9-4-11(25(29)30)14(27)12(26)5-9/h3-6,26-27H,1-2H3. The zero-order valence-corrected chi connectivity index (χ0v) is 15.3. The van der Waals surface area contributed by atoms with E-state index in [1.807, 2.05) is 0 Å². The van der Waals surface area contributed by atoms with Crippen LogP contribution in [0.2, 0.25) is 0 Å². The van der Waals surface area contributed by atoms with Crippen molar-refractivity contribution in [3.8, 4) is 34.3 Å². The van der Waals surface area contributed by atoms with Crippen LogP contribution in [0.5, 0.6) is 11.5 Å². The van der Waals surface area contributed by atoms with E-state index >= 15 is 0 Å². The van der Waals surface area contributed by atoms with Crippen molar-refractivity contribution in [3.05, 3.63) is 56.8 Å². The summed E-state index contributed by atoms with van der Waals surface area (Å²) in [5, 5.41) is 42.5. The molecule has 10 nitrogen and oxygen atoms in total. The number of hydrogen-bond donors (Lipinski definition) is 2. The first-order valence-corrected chi connectivity index (χ1v) is 8.13. The van der Waals surface area contributed by atoms with E-state index in [2.05, 4.69) is 15.0 Å². The van der Waals surface area contributed by atoms with Crippen LogP contribution in [0.1, 0.15) is 17.0 Å². The lowest BCUT2D eigenvalue weighted by molar-refractivity contribution is -0.618. The van der Waals surface area contributed by atoms with Crippen molar-refractivity contribution in [2.24, 2.45) is 0 Å². The minimum absolute atomic E-state index is 0.158. The van der Waals surface area contributed by atoms with Gasteiger partial charge in [0.05, 0.1) is 16.1 Å². The fourth-order valence-corrected chi connectivity index (χ4v) is 2.83. The van der Waals surface area contributed by atoms with Crippen LogP contribution in [0.15, 0.2) is 24.5 Å². The summed E-state index contributed by atoms with van der Waals surface area (Å²) in [5.74, 6) is -2.64. The Morgan fingerprint density at radius 2 is 1.73 bits per heavy atom. The van der Waals surface area contributed by atoms with E-state index in [0.29, 0.717) is 10.8 Å². The summed E-state index contributed by atoms with van der Waals surface area (Å²) in [4.78, 5) is 21.5. The lowest BCUT2D eigenvalue weighted by atomic mass is 10.0. The smallest absolute Gasteiger partial charge is 0.417 e. The number of rotatable bonds is 3. The average molecular weight is 423 g/mol. The summed E-state index contributed by atoms with van der Waals surface area (Å²) >= 11 is 0. The van der Waals surface area contributed by atoms with Crippen molar-refractivity contribution in [1.82, 2.24) is 15.0 Å². The van der Waals surface area contributed by atoms with Gasteiger partial charge in [-0.15, -0.1) is 0 Å². The quantitative estimate of drug-likeness (QED) is 0.215. The van der Waals surface area contributed by atoms with Gasteiger partial charge in [0, 0.05) is 31.5 Å². The normalized spacial score (nSPS) is 11.5. The molecule has 156 valence electrons. The molecular formula is C17H12F3N5O5. The van der Waals surface area contributed by atoms with E-state index in [1.54, 1.807) is 0 Å². The van der Waals surface area contributed by atoms with Crippen molar-refractivity contribution >= 4 is 5.69 Å². The van der Waals surface area contributed by atoms with Crippen LogP contribution in [0.4, 0.5) is 18.9 Å². The molecule has 1 aromatic carbocycles. The zero-order valence-electron chi connectivity index (χ0n) is 15.3. The lowest BCUT2D eigenvalue weighted by Gasteiger charge is -2.16. The summed E-state index contributed by atoms with van der Waals surface area (Å²) in [7, 11) is 0. The Bertz CT molecular complexity index is 1180. The van der Waals surface area contributed by atoms with Crippen LogP contribution in [0.3, 0.4) is 0 Å². The summed E-state index contributed by atoms with van der Waals surface area (Å²) < 4.78 is 41.0. The summed E-state index contributed by atoms with van der Waals surface area (Å²) in [6.45, 7) is 2.39. The summed E-state index contributed by atoms with van der Waals surface area (Å²) in [5.41, 5.74) is -3.22. The highest BCUT2D eigenvalue weighted by molar-refractivity contribution is 5.70. The van der Waals surface area contributed by atoms with Gasteiger partial charge < -0.3 is 15.4 Å². The maximum absolute atomic E-state index is 13.6. The van der Waals surface area contributed by atoms with Gasteiger partial charge in [-0.05, 0) is 6.07 Å². The van der Waals surface area contributed by atoms with Gasteiger partial charge in [-0.25, -0.2) is 15.0 Å². The number of aromatic nitrogens is 4.